The summed E-state index contributed by atoms with van der Waals surface area (Å²) in [5.41, 5.74) is -0.310. The molecule has 0 saturated heterocycles. The van der Waals surface area contributed by atoms with Gasteiger partial charge in [-0.15, -0.1) is 11.3 Å². The fourth-order valence-corrected chi connectivity index (χ4v) is 3.85. The Hall–Kier alpha value is -2.16. The molecule has 10 heteroatoms. The predicted molar refractivity (Wildman–Crippen MR) is 110 cm³/mol. The van der Waals surface area contributed by atoms with Crippen LogP contribution in [0.1, 0.15) is 29.1 Å². The second kappa shape index (κ2) is 9.36. The standard InChI is InChI=1S/C18H19Cl2N3O4S/c1-10(2)16(18(25)22(3)9-12-5-7-15(20)28-12)21-17(24)11-4-6-13(19)14(8-11)23(26)27/h4-8,10,16H,9H2,1-3H3,(H,21,24). The summed E-state index contributed by atoms with van der Waals surface area (Å²) >= 11 is 13.1. The Bertz CT molecular complexity index is 901. The lowest BCUT2D eigenvalue weighted by Gasteiger charge is -2.27. The summed E-state index contributed by atoms with van der Waals surface area (Å²) < 4.78 is 0.633. The normalized spacial score (nSPS) is 11.9. The Kier molecular flexibility index (Phi) is 7.40. The predicted octanol–water partition coefficient (Wildman–Crippen LogP) is 4.38. The number of hydrogen-bond acceptors (Lipinski definition) is 5. The number of benzene rings is 1. The Morgan fingerprint density at radius 2 is 1.93 bits per heavy atom. The topological polar surface area (TPSA) is 92.5 Å². The van der Waals surface area contributed by atoms with Crippen molar-refractivity contribution in [2.24, 2.45) is 5.92 Å². The van der Waals surface area contributed by atoms with Gasteiger partial charge in [-0.05, 0) is 30.2 Å². The Morgan fingerprint density at radius 1 is 1.25 bits per heavy atom. The molecular formula is C18H19Cl2N3O4S. The minimum Gasteiger partial charge on any atom is -0.340 e. The van der Waals surface area contributed by atoms with Gasteiger partial charge in [0.1, 0.15) is 11.1 Å². The van der Waals surface area contributed by atoms with E-state index in [1.165, 1.54) is 28.4 Å². The SMILES string of the molecule is CC(C)C(NC(=O)c1ccc(Cl)c([N+](=O)[O-])c1)C(=O)N(C)Cc1ccc(Cl)s1. The van der Waals surface area contributed by atoms with Crippen molar-refractivity contribution in [1.29, 1.82) is 0 Å². The number of hydrogen-bond donors (Lipinski definition) is 1. The Balaban J connectivity index is 2.15. The van der Waals surface area contributed by atoms with Crippen LogP contribution in [0.4, 0.5) is 5.69 Å². The molecule has 28 heavy (non-hydrogen) atoms. The molecular weight excluding hydrogens is 425 g/mol. The molecule has 1 unspecified atom stereocenters. The van der Waals surface area contributed by atoms with Crippen molar-refractivity contribution in [2.75, 3.05) is 7.05 Å². The third kappa shape index (κ3) is 5.43. The zero-order chi connectivity index (χ0) is 21.0. The van der Waals surface area contributed by atoms with E-state index in [2.05, 4.69) is 5.32 Å². The van der Waals surface area contributed by atoms with Crippen LogP contribution in [-0.4, -0.2) is 34.7 Å². The lowest BCUT2D eigenvalue weighted by molar-refractivity contribution is -0.384. The number of nitrogens with zero attached hydrogens (tertiary/aromatic N) is 2. The fraction of sp³-hybridized carbons (Fsp3) is 0.333. The van der Waals surface area contributed by atoms with Crippen molar-refractivity contribution >= 4 is 52.0 Å². The number of rotatable bonds is 7. The van der Waals surface area contributed by atoms with Gasteiger partial charge < -0.3 is 10.2 Å². The van der Waals surface area contributed by atoms with Gasteiger partial charge in [-0.2, -0.15) is 0 Å². The van der Waals surface area contributed by atoms with Crippen LogP contribution in [-0.2, 0) is 11.3 Å². The number of likely N-dealkylation sites (N-methyl/N-ethyl adjacent to an activating group) is 1. The summed E-state index contributed by atoms with van der Waals surface area (Å²) in [6.45, 7) is 3.98. The molecule has 1 N–H and O–H groups in total. The maximum Gasteiger partial charge on any atom is 0.288 e. The minimum absolute atomic E-state index is 0.0576. The van der Waals surface area contributed by atoms with Gasteiger partial charge in [-0.1, -0.05) is 37.0 Å². The van der Waals surface area contributed by atoms with Crippen LogP contribution in [0.25, 0.3) is 0 Å². The van der Waals surface area contributed by atoms with E-state index in [1.807, 2.05) is 19.9 Å². The van der Waals surface area contributed by atoms with Crippen LogP contribution in [0.15, 0.2) is 30.3 Å². The second-order valence-electron chi connectivity index (χ2n) is 6.52. The lowest BCUT2D eigenvalue weighted by atomic mass is 10.0. The van der Waals surface area contributed by atoms with Gasteiger partial charge in [0.25, 0.3) is 11.6 Å². The highest BCUT2D eigenvalue weighted by Crippen LogP contribution is 2.25. The average Bonchev–Trinajstić information content (AvgIpc) is 3.03. The first-order valence-electron chi connectivity index (χ1n) is 8.34. The smallest absolute Gasteiger partial charge is 0.288 e. The van der Waals surface area contributed by atoms with Gasteiger partial charge in [0.15, 0.2) is 0 Å². The van der Waals surface area contributed by atoms with Gasteiger partial charge in [0.05, 0.1) is 15.8 Å². The monoisotopic (exact) mass is 443 g/mol. The molecule has 7 nitrogen and oxygen atoms in total. The fourth-order valence-electron chi connectivity index (χ4n) is 2.52. The quantitative estimate of drug-likeness (QED) is 0.507. The molecule has 2 aromatic rings. The summed E-state index contributed by atoms with van der Waals surface area (Å²) in [7, 11) is 1.64. The summed E-state index contributed by atoms with van der Waals surface area (Å²) in [5.74, 6) is -1.04. The second-order valence-corrected chi connectivity index (χ2v) is 8.73. The molecule has 150 valence electrons. The van der Waals surface area contributed by atoms with Crippen molar-refractivity contribution in [3.8, 4) is 0 Å². The molecule has 1 heterocycles. The number of halogens is 2. The average molecular weight is 444 g/mol. The molecule has 0 radical (unpaired) electrons. The number of carbonyl (C=O) groups is 2. The van der Waals surface area contributed by atoms with E-state index in [0.29, 0.717) is 10.9 Å². The molecule has 2 rings (SSSR count). The molecule has 0 bridgehead atoms. The minimum atomic E-state index is -0.789. The van der Waals surface area contributed by atoms with Crippen LogP contribution < -0.4 is 5.32 Å². The zero-order valence-electron chi connectivity index (χ0n) is 15.4. The van der Waals surface area contributed by atoms with E-state index in [0.717, 1.165) is 10.9 Å². The number of nitrogens with one attached hydrogen (secondary N) is 1. The van der Waals surface area contributed by atoms with E-state index in [1.54, 1.807) is 13.1 Å². The van der Waals surface area contributed by atoms with E-state index in [9.17, 15) is 19.7 Å². The van der Waals surface area contributed by atoms with Crippen molar-refractivity contribution < 1.29 is 14.5 Å². The number of thiophene rings is 1. The highest BCUT2D eigenvalue weighted by atomic mass is 35.5. The van der Waals surface area contributed by atoms with E-state index in [-0.39, 0.29) is 28.1 Å². The van der Waals surface area contributed by atoms with Crippen LogP contribution in [0.2, 0.25) is 9.36 Å². The van der Waals surface area contributed by atoms with Gasteiger partial charge in [0, 0.05) is 23.6 Å². The number of nitro benzene ring substituents is 1. The third-order valence-electron chi connectivity index (χ3n) is 4.02. The molecule has 0 aliphatic heterocycles. The lowest BCUT2D eigenvalue weighted by Crippen LogP contribution is -2.50. The van der Waals surface area contributed by atoms with E-state index < -0.39 is 16.9 Å². The van der Waals surface area contributed by atoms with E-state index in [4.69, 9.17) is 23.2 Å². The van der Waals surface area contributed by atoms with Crippen molar-refractivity contribution in [2.45, 2.75) is 26.4 Å². The van der Waals surface area contributed by atoms with Gasteiger partial charge >= 0.3 is 0 Å². The zero-order valence-corrected chi connectivity index (χ0v) is 17.8. The van der Waals surface area contributed by atoms with Crippen LogP contribution >= 0.6 is 34.5 Å². The highest BCUT2D eigenvalue weighted by Gasteiger charge is 2.28. The molecule has 2 amide bonds. The summed E-state index contributed by atoms with van der Waals surface area (Å²) in [4.78, 5) is 38.2. The first-order chi connectivity index (χ1) is 13.1. The van der Waals surface area contributed by atoms with Crippen LogP contribution in [0, 0.1) is 16.0 Å². The molecule has 0 fully saturated rings. The first kappa shape index (κ1) is 22.1. The molecule has 0 aliphatic carbocycles. The van der Waals surface area contributed by atoms with Crippen LogP contribution in [0.3, 0.4) is 0 Å². The molecule has 1 aromatic carbocycles. The maximum absolute atomic E-state index is 12.8. The Labute approximate surface area is 176 Å². The van der Waals surface area contributed by atoms with Crippen LogP contribution in [0.5, 0.6) is 0 Å². The van der Waals surface area contributed by atoms with Crippen molar-refractivity contribution in [1.82, 2.24) is 10.2 Å². The van der Waals surface area contributed by atoms with Gasteiger partial charge in [0.2, 0.25) is 5.91 Å². The van der Waals surface area contributed by atoms with E-state index >= 15 is 0 Å². The van der Waals surface area contributed by atoms with Gasteiger partial charge in [-0.25, -0.2) is 0 Å². The first-order valence-corrected chi connectivity index (χ1v) is 9.91. The largest absolute Gasteiger partial charge is 0.340 e. The maximum atomic E-state index is 12.8. The molecule has 0 spiro atoms. The summed E-state index contributed by atoms with van der Waals surface area (Å²) in [5, 5.41) is 13.6. The summed E-state index contributed by atoms with van der Waals surface area (Å²) in [6, 6.07) is 6.57. The Morgan fingerprint density at radius 3 is 2.46 bits per heavy atom. The number of nitro groups is 1. The molecule has 1 atom stereocenters. The third-order valence-corrected chi connectivity index (χ3v) is 5.56. The molecule has 0 saturated carbocycles. The van der Waals surface area contributed by atoms with Crippen molar-refractivity contribution in [3.05, 3.63) is 60.2 Å². The molecule has 0 aliphatic rings. The van der Waals surface area contributed by atoms with Crippen molar-refractivity contribution in [3.63, 3.8) is 0 Å². The number of amides is 2. The highest BCUT2D eigenvalue weighted by molar-refractivity contribution is 7.16. The van der Waals surface area contributed by atoms with Gasteiger partial charge in [-0.3, -0.25) is 19.7 Å². The number of carbonyl (C=O) groups excluding carboxylic acids is 2. The summed E-state index contributed by atoms with van der Waals surface area (Å²) in [6.07, 6.45) is 0. The molecule has 1 aromatic heterocycles.